The molecular weight excluding hydrogens is 206 g/mol. The van der Waals surface area contributed by atoms with E-state index in [1.165, 1.54) is 19.3 Å². The summed E-state index contributed by atoms with van der Waals surface area (Å²) in [7, 11) is 2.07. The smallest absolute Gasteiger partial charge is 0.0120 e. The van der Waals surface area contributed by atoms with Crippen LogP contribution in [0.1, 0.15) is 53.4 Å². The quantitative estimate of drug-likeness (QED) is 0.736. The van der Waals surface area contributed by atoms with Crippen molar-refractivity contribution in [3.05, 3.63) is 0 Å². The summed E-state index contributed by atoms with van der Waals surface area (Å²) in [6.07, 6.45) is 5.23. The Labute approximate surface area is 108 Å². The fourth-order valence-electron chi connectivity index (χ4n) is 3.13. The van der Waals surface area contributed by atoms with Gasteiger partial charge in [-0.05, 0) is 62.9 Å². The second kappa shape index (κ2) is 6.45. The highest BCUT2D eigenvalue weighted by Gasteiger charge is 2.34. The van der Waals surface area contributed by atoms with Crippen LogP contribution in [0.4, 0.5) is 0 Å². The van der Waals surface area contributed by atoms with Gasteiger partial charge < -0.3 is 5.32 Å². The average molecular weight is 235 g/mol. The number of nitrogens with one attached hydrogen (secondary N) is 1. The lowest BCUT2D eigenvalue weighted by atomic mass is 9.65. The molecule has 0 spiro atoms. The Morgan fingerprint density at radius 1 is 1.18 bits per heavy atom. The molecule has 98 valence electrons. The van der Waals surface area contributed by atoms with E-state index in [2.05, 4.69) is 45.0 Å². The van der Waals surface area contributed by atoms with Gasteiger partial charge in [-0.25, -0.2) is 0 Å². The number of rotatable bonds is 3. The van der Waals surface area contributed by atoms with Crippen molar-refractivity contribution in [1.29, 1.82) is 0 Å². The van der Waals surface area contributed by atoms with Gasteiger partial charge in [-0.2, -0.15) is 0 Å². The van der Waals surface area contributed by atoms with Crippen LogP contribution < -0.4 is 5.32 Å². The van der Waals surface area contributed by atoms with E-state index in [9.17, 15) is 0 Å². The van der Waals surface area contributed by atoms with Gasteiger partial charge in [-0.1, -0.05) is 20.8 Å². The molecule has 1 aliphatic rings. The number of hydrogen-bond donors (Lipinski definition) is 1. The largest absolute Gasteiger partial charge is 0.319 e. The molecule has 1 fully saturated rings. The molecule has 0 aromatic rings. The van der Waals surface area contributed by atoms with Crippen LogP contribution in [-0.4, -0.2) is 13.6 Å². The van der Waals surface area contributed by atoms with Crippen molar-refractivity contribution >= 4 is 0 Å². The molecule has 3 atom stereocenters. The first kappa shape index (κ1) is 14.6. The van der Waals surface area contributed by atoms with Crippen LogP contribution >= 0.6 is 0 Å². The van der Waals surface area contributed by atoms with E-state index in [0.717, 1.165) is 30.7 Å². The minimum atomic E-state index is 0.461. The van der Waals surface area contributed by atoms with E-state index in [-0.39, 0.29) is 0 Å². The molecule has 1 N–H and O–H groups in total. The van der Waals surface area contributed by atoms with Crippen LogP contribution in [0.2, 0.25) is 0 Å². The maximum absolute atomic E-state index is 3.35. The third kappa shape index (κ3) is 4.36. The molecule has 3 unspecified atom stereocenters. The Bertz CT molecular complexity index is 276. The number of hydrogen-bond acceptors (Lipinski definition) is 1. The molecule has 0 heterocycles. The lowest BCUT2D eigenvalue weighted by molar-refractivity contribution is 0.100. The van der Waals surface area contributed by atoms with Crippen LogP contribution in [-0.2, 0) is 0 Å². The molecule has 17 heavy (non-hydrogen) atoms. The first-order valence-corrected chi connectivity index (χ1v) is 7.03. The summed E-state index contributed by atoms with van der Waals surface area (Å²) in [6.45, 7) is 10.3. The molecule has 0 aromatic carbocycles. The van der Waals surface area contributed by atoms with E-state index in [1.54, 1.807) is 0 Å². The molecule has 1 nitrogen and oxygen atoms in total. The molecule has 1 rings (SSSR count). The first-order chi connectivity index (χ1) is 7.99. The maximum Gasteiger partial charge on any atom is 0.0120 e. The van der Waals surface area contributed by atoms with Crippen LogP contribution in [0, 0.1) is 35.0 Å². The zero-order chi connectivity index (χ0) is 12.9. The van der Waals surface area contributed by atoms with Crippen LogP contribution in [0.15, 0.2) is 0 Å². The molecule has 0 saturated heterocycles. The molecule has 0 amide bonds. The first-order valence-electron chi connectivity index (χ1n) is 7.03. The lowest BCUT2D eigenvalue weighted by Crippen LogP contribution is -2.35. The van der Waals surface area contributed by atoms with Gasteiger partial charge in [0, 0.05) is 6.42 Å². The van der Waals surface area contributed by atoms with Gasteiger partial charge in [-0.15, -0.1) is 11.8 Å². The van der Waals surface area contributed by atoms with E-state index in [0.29, 0.717) is 5.41 Å². The van der Waals surface area contributed by atoms with E-state index in [1.807, 2.05) is 6.92 Å². The summed E-state index contributed by atoms with van der Waals surface area (Å²) in [6, 6.07) is 0. The fraction of sp³-hybridized carbons (Fsp3) is 0.875. The van der Waals surface area contributed by atoms with Crippen molar-refractivity contribution < 1.29 is 0 Å². The van der Waals surface area contributed by atoms with E-state index >= 15 is 0 Å². The second-order valence-corrected chi connectivity index (χ2v) is 6.58. The van der Waals surface area contributed by atoms with Crippen molar-refractivity contribution in [2.24, 2.45) is 23.2 Å². The molecule has 0 bridgehead atoms. The van der Waals surface area contributed by atoms with Crippen LogP contribution in [0.5, 0.6) is 0 Å². The summed E-state index contributed by atoms with van der Waals surface area (Å²) in [5, 5.41) is 3.35. The second-order valence-electron chi connectivity index (χ2n) is 6.58. The normalized spacial score (nSPS) is 29.6. The van der Waals surface area contributed by atoms with Gasteiger partial charge >= 0.3 is 0 Å². The topological polar surface area (TPSA) is 12.0 Å². The van der Waals surface area contributed by atoms with Gasteiger partial charge in [0.15, 0.2) is 0 Å². The van der Waals surface area contributed by atoms with Gasteiger partial charge in [0.2, 0.25) is 0 Å². The Hall–Kier alpha value is -0.480. The third-order valence-electron chi connectivity index (χ3n) is 4.37. The van der Waals surface area contributed by atoms with E-state index in [4.69, 9.17) is 0 Å². The Balaban J connectivity index is 2.64. The monoisotopic (exact) mass is 235 g/mol. The average Bonchev–Trinajstić information content (AvgIpc) is 2.26. The van der Waals surface area contributed by atoms with Crippen molar-refractivity contribution in [2.75, 3.05) is 13.6 Å². The van der Waals surface area contributed by atoms with Gasteiger partial charge in [0.25, 0.3) is 0 Å². The highest BCUT2D eigenvalue weighted by molar-refractivity contribution is 4.99. The van der Waals surface area contributed by atoms with Gasteiger partial charge in [-0.3, -0.25) is 0 Å². The summed E-state index contributed by atoms with van der Waals surface area (Å²) in [5.41, 5.74) is 0.461. The van der Waals surface area contributed by atoms with Crippen molar-refractivity contribution in [3.63, 3.8) is 0 Å². The highest BCUT2D eigenvalue weighted by Crippen LogP contribution is 2.43. The van der Waals surface area contributed by atoms with Crippen LogP contribution in [0.25, 0.3) is 0 Å². The summed E-state index contributed by atoms with van der Waals surface area (Å²) < 4.78 is 0. The summed E-state index contributed by atoms with van der Waals surface area (Å²) in [5.74, 6) is 8.87. The predicted octanol–water partition coefficient (Wildman–Crippen LogP) is 3.70. The van der Waals surface area contributed by atoms with Crippen LogP contribution in [0.3, 0.4) is 0 Å². The molecule has 1 heteroatoms. The summed E-state index contributed by atoms with van der Waals surface area (Å²) >= 11 is 0. The Morgan fingerprint density at radius 3 is 2.41 bits per heavy atom. The third-order valence-corrected chi connectivity index (χ3v) is 4.37. The van der Waals surface area contributed by atoms with Crippen molar-refractivity contribution in [2.45, 2.75) is 53.4 Å². The predicted molar refractivity (Wildman–Crippen MR) is 75.8 cm³/mol. The molecule has 1 aliphatic carbocycles. The molecular formula is C16H29N. The fourth-order valence-corrected chi connectivity index (χ4v) is 3.13. The SMILES string of the molecule is CC#CCC1CC(C(C)(C)C)CCC1CNC. The Morgan fingerprint density at radius 2 is 1.88 bits per heavy atom. The minimum Gasteiger partial charge on any atom is -0.319 e. The molecule has 0 aromatic heterocycles. The highest BCUT2D eigenvalue weighted by atomic mass is 14.8. The molecule has 1 saturated carbocycles. The van der Waals surface area contributed by atoms with Crippen molar-refractivity contribution in [1.82, 2.24) is 5.32 Å². The maximum atomic E-state index is 3.35. The zero-order valence-electron chi connectivity index (χ0n) is 12.3. The van der Waals surface area contributed by atoms with Gasteiger partial charge in [0.1, 0.15) is 0 Å². The molecule has 0 aliphatic heterocycles. The Kier molecular flexibility index (Phi) is 5.53. The minimum absolute atomic E-state index is 0.461. The zero-order valence-corrected chi connectivity index (χ0v) is 12.3. The lowest BCUT2D eigenvalue weighted by Gasteiger charge is -2.41. The van der Waals surface area contributed by atoms with Gasteiger partial charge in [0.05, 0.1) is 0 Å². The van der Waals surface area contributed by atoms with Crippen molar-refractivity contribution in [3.8, 4) is 11.8 Å². The summed E-state index contributed by atoms with van der Waals surface area (Å²) in [4.78, 5) is 0. The van der Waals surface area contributed by atoms with E-state index < -0.39 is 0 Å². The standard InChI is InChI=1S/C16H29N/c1-6-7-8-13-11-15(16(2,3)4)10-9-14(13)12-17-5/h13-15,17H,8-12H2,1-5H3. The molecule has 0 radical (unpaired) electrons.